The van der Waals surface area contributed by atoms with Crippen LogP contribution in [0.15, 0.2) is 30.9 Å². The van der Waals surface area contributed by atoms with Gasteiger partial charge in [0.25, 0.3) is 0 Å². The number of ether oxygens (including phenoxy) is 1. The molecular formula is C29H25ClF3N7O2S. The molecule has 0 saturated carbocycles. The van der Waals surface area contributed by atoms with Crippen LogP contribution < -0.4 is 15.4 Å². The number of carbonyl (C=O) groups is 1. The fourth-order valence-electron chi connectivity index (χ4n) is 5.69. The standard InChI is InChI=1S/C29H25ClF3N7O2S/c1-3-21(41)39-6-8-40(9-7-39)26-15-10-17(30)22(14-4-5-18(31)27-25(14)37-29(35)43-27)23(33)24(15)36-28(16(26)11-34)42-20-13-38(2)12-19(20)32/h3-5,10,19-20H,1,6-9,12-13H2,2H3,(H2,35,37)/t19-,20-/m1/s1. The number of anilines is 2. The molecule has 9 nitrogen and oxygen atoms in total. The molecule has 222 valence electrons. The molecule has 2 fully saturated rings. The molecule has 2 aliphatic rings. The van der Waals surface area contributed by atoms with Gasteiger partial charge in [-0.1, -0.05) is 29.5 Å². The van der Waals surface area contributed by atoms with E-state index in [-0.39, 0.29) is 72.8 Å². The Hall–Kier alpha value is -4.12. The highest BCUT2D eigenvalue weighted by Crippen LogP contribution is 2.45. The number of likely N-dealkylation sites (N-methyl/N-ethyl adjacent to an activating group) is 1. The summed E-state index contributed by atoms with van der Waals surface area (Å²) < 4.78 is 52.2. The highest BCUT2D eigenvalue weighted by atomic mass is 35.5. The zero-order valence-electron chi connectivity index (χ0n) is 22.9. The number of hydrogen-bond acceptors (Lipinski definition) is 9. The van der Waals surface area contributed by atoms with E-state index >= 15 is 4.39 Å². The Kier molecular flexibility index (Phi) is 7.53. The maximum Gasteiger partial charge on any atom is 0.246 e. The van der Waals surface area contributed by atoms with Crippen LogP contribution in [0.3, 0.4) is 0 Å². The number of benzene rings is 2. The predicted octanol–water partition coefficient (Wildman–Crippen LogP) is 4.76. The lowest BCUT2D eigenvalue weighted by Gasteiger charge is -2.36. The van der Waals surface area contributed by atoms with Crippen LogP contribution in [0.1, 0.15) is 5.56 Å². The van der Waals surface area contributed by atoms with Crippen LogP contribution in [0.25, 0.3) is 32.2 Å². The topological polar surface area (TPSA) is 112 Å². The Morgan fingerprint density at radius 1 is 1.23 bits per heavy atom. The van der Waals surface area contributed by atoms with Gasteiger partial charge in [0, 0.05) is 55.8 Å². The molecule has 4 aromatic rings. The van der Waals surface area contributed by atoms with Crippen LogP contribution in [0.2, 0.25) is 5.02 Å². The summed E-state index contributed by atoms with van der Waals surface area (Å²) in [5, 5.41) is 10.6. The zero-order valence-corrected chi connectivity index (χ0v) is 24.5. The number of hydrogen-bond donors (Lipinski definition) is 1. The Morgan fingerprint density at radius 3 is 2.63 bits per heavy atom. The van der Waals surface area contributed by atoms with Gasteiger partial charge in [0.1, 0.15) is 29.1 Å². The molecule has 0 radical (unpaired) electrons. The van der Waals surface area contributed by atoms with Gasteiger partial charge in [-0.25, -0.2) is 23.1 Å². The summed E-state index contributed by atoms with van der Waals surface area (Å²) >= 11 is 7.65. The first kappa shape index (κ1) is 29.0. The van der Waals surface area contributed by atoms with E-state index in [4.69, 9.17) is 22.1 Å². The number of alkyl halides is 1. The third-order valence-electron chi connectivity index (χ3n) is 7.73. The number of carbonyl (C=O) groups excluding carboxylic acids is 1. The lowest BCUT2D eigenvalue weighted by molar-refractivity contribution is -0.126. The van der Waals surface area contributed by atoms with E-state index in [0.717, 1.165) is 11.3 Å². The SMILES string of the molecule is C=CC(=O)N1CCN(c2c(C#N)c(O[C@@H]3CN(C)C[C@H]3F)nc3c(F)c(-c4ccc(F)c5sc(N)nc45)c(Cl)cc23)CC1. The van der Waals surface area contributed by atoms with Crippen molar-refractivity contribution in [1.82, 2.24) is 19.8 Å². The molecule has 2 atom stereocenters. The number of thiazole rings is 1. The number of nitrogens with zero attached hydrogens (tertiary/aromatic N) is 6. The number of amides is 1. The van der Waals surface area contributed by atoms with Crippen LogP contribution in [0, 0.1) is 23.0 Å². The van der Waals surface area contributed by atoms with E-state index < -0.39 is 23.9 Å². The molecule has 43 heavy (non-hydrogen) atoms. The monoisotopic (exact) mass is 627 g/mol. The van der Waals surface area contributed by atoms with Gasteiger partial charge in [0.15, 0.2) is 17.1 Å². The van der Waals surface area contributed by atoms with Crippen molar-refractivity contribution in [3.05, 3.63) is 53.1 Å². The van der Waals surface area contributed by atoms with Crippen molar-refractivity contribution >= 4 is 60.8 Å². The summed E-state index contributed by atoms with van der Waals surface area (Å²) in [5.41, 5.74) is 6.26. The van der Waals surface area contributed by atoms with Crippen LogP contribution >= 0.6 is 22.9 Å². The summed E-state index contributed by atoms with van der Waals surface area (Å²) in [6.07, 6.45) is -1.05. The van der Waals surface area contributed by atoms with Crippen molar-refractivity contribution in [1.29, 1.82) is 5.26 Å². The minimum Gasteiger partial charge on any atom is -0.469 e. The Labute approximate surface area is 253 Å². The van der Waals surface area contributed by atoms with Crippen molar-refractivity contribution in [2.75, 3.05) is 56.9 Å². The number of aromatic nitrogens is 2. The molecule has 2 aliphatic heterocycles. The van der Waals surface area contributed by atoms with Crippen molar-refractivity contribution < 1.29 is 22.7 Å². The maximum atomic E-state index is 16.7. The highest BCUT2D eigenvalue weighted by molar-refractivity contribution is 7.22. The molecule has 2 aromatic carbocycles. The third-order valence-corrected chi connectivity index (χ3v) is 8.92. The van der Waals surface area contributed by atoms with Gasteiger partial charge >= 0.3 is 0 Å². The van der Waals surface area contributed by atoms with E-state index in [2.05, 4.69) is 22.6 Å². The number of likely N-dealkylation sites (tertiary alicyclic amines) is 1. The van der Waals surface area contributed by atoms with Crippen LogP contribution in [-0.2, 0) is 4.79 Å². The predicted molar refractivity (Wildman–Crippen MR) is 160 cm³/mol. The van der Waals surface area contributed by atoms with E-state index in [0.29, 0.717) is 31.9 Å². The van der Waals surface area contributed by atoms with Gasteiger partial charge in [-0.15, -0.1) is 0 Å². The summed E-state index contributed by atoms with van der Waals surface area (Å²) in [5.74, 6) is -1.85. The Bertz CT molecular complexity index is 1840. The maximum absolute atomic E-state index is 16.7. The van der Waals surface area contributed by atoms with Gasteiger partial charge in [-0.05, 0) is 31.3 Å². The van der Waals surface area contributed by atoms with Crippen LogP contribution in [0.4, 0.5) is 24.0 Å². The molecule has 1 amide bonds. The molecule has 2 aromatic heterocycles. The molecule has 6 rings (SSSR count). The van der Waals surface area contributed by atoms with Crippen LogP contribution in [0.5, 0.6) is 5.88 Å². The van der Waals surface area contributed by atoms with Gasteiger partial charge in [0.05, 0.1) is 20.9 Å². The fourth-order valence-corrected chi connectivity index (χ4v) is 6.75. The fraction of sp³-hybridized carbons (Fsp3) is 0.310. The lowest BCUT2D eigenvalue weighted by atomic mass is 9.99. The first-order chi connectivity index (χ1) is 20.6. The summed E-state index contributed by atoms with van der Waals surface area (Å²) in [4.78, 5) is 26.0. The average Bonchev–Trinajstić information content (AvgIpc) is 3.54. The lowest BCUT2D eigenvalue weighted by Crippen LogP contribution is -2.48. The quantitative estimate of drug-likeness (QED) is 0.315. The summed E-state index contributed by atoms with van der Waals surface area (Å²) in [6.45, 7) is 5.18. The second kappa shape index (κ2) is 11.2. The number of halogens is 4. The smallest absolute Gasteiger partial charge is 0.246 e. The molecule has 4 heterocycles. The first-order valence-electron chi connectivity index (χ1n) is 13.4. The number of fused-ring (bicyclic) bond motifs is 2. The molecule has 0 bridgehead atoms. The first-order valence-corrected chi connectivity index (χ1v) is 14.6. The number of piperazine rings is 1. The number of rotatable bonds is 5. The third kappa shape index (κ3) is 4.99. The average molecular weight is 628 g/mol. The van der Waals surface area contributed by atoms with E-state index in [9.17, 15) is 18.8 Å². The van der Waals surface area contributed by atoms with Crippen LogP contribution in [-0.4, -0.2) is 84.3 Å². The Balaban J connectivity index is 1.57. The van der Waals surface area contributed by atoms with Gasteiger partial charge in [-0.3, -0.25) is 9.69 Å². The molecule has 0 aliphatic carbocycles. The Morgan fingerprint density at radius 2 is 1.98 bits per heavy atom. The largest absolute Gasteiger partial charge is 0.469 e. The minimum atomic E-state index is -1.35. The summed E-state index contributed by atoms with van der Waals surface area (Å²) in [7, 11) is 1.74. The highest BCUT2D eigenvalue weighted by Gasteiger charge is 2.35. The number of pyridine rings is 1. The number of nitriles is 1. The van der Waals surface area contributed by atoms with Crippen molar-refractivity contribution in [3.63, 3.8) is 0 Å². The molecule has 2 N–H and O–H groups in total. The van der Waals surface area contributed by atoms with Gasteiger partial charge in [0.2, 0.25) is 11.8 Å². The molecule has 2 saturated heterocycles. The molecular weight excluding hydrogens is 603 g/mol. The van der Waals surface area contributed by atoms with Crippen molar-refractivity contribution in [2.24, 2.45) is 0 Å². The van der Waals surface area contributed by atoms with Crippen molar-refractivity contribution in [2.45, 2.75) is 12.3 Å². The van der Waals surface area contributed by atoms with E-state index in [1.54, 1.807) is 16.8 Å². The van der Waals surface area contributed by atoms with Gasteiger partial charge < -0.3 is 20.3 Å². The normalized spacial score (nSPS) is 19.3. The van der Waals surface area contributed by atoms with Crippen molar-refractivity contribution in [3.8, 4) is 23.1 Å². The second-order valence-electron chi connectivity index (χ2n) is 10.4. The number of nitrogens with two attached hydrogens (primary N) is 1. The second-order valence-corrected chi connectivity index (χ2v) is 11.9. The minimum absolute atomic E-state index is 0.00239. The van der Waals surface area contributed by atoms with E-state index in [1.165, 1.54) is 24.3 Å². The van der Waals surface area contributed by atoms with E-state index in [1.807, 2.05) is 4.90 Å². The summed E-state index contributed by atoms with van der Waals surface area (Å²) in [6, 6.07) is 6.17. The number of nitrogen functional groups attached to an aromatic ring is 1. The molecule has 0 unspecified atom stereocenters. The zero-order chi connectivity index (χ0) is 30.6. The molecule has 14 heteroatoms. The molecule has 0 spiro atoms. The van der Waals surface area contributed by atoms with Gasteiger partial charge in [-0.2, -0.15) is 5.26 Å².